The van der Waals surface area contributed by atoms with E-state index in [2.05, 4.69) is 5.16 Å². The van der Waals surface area contributed by atoms with E-state index in [4.69, 9.17) is 19.0 Å². The van der Waals surface area contributed by atoms with E-state index in [0.717, 1.165) is 22.6 Å². The van der Waals surface area contributed by atoms with E-state index in [1.54, 1.807) is 19.1 Å². The van der Waals surface area contributed by atoms with Crippen molar-refractivity contribution in [2.45, 2.75) is 34.1 Å². The summed E-state index contributed by atoms with van der Waals surface area (Å²) in [5.41, 5.74) is 3.27. The number of hydrogen-bond donors (Lipinski definition) is 0. The van der Waals surface area contributed by atoms with Crippen LogP contribution in [0.15, 0.2) is 47.6 Å². The molecule has 0 N–H and O–H groups in total. The molecule has 0 atom stereocenters. The van der Waals surface area contributed by atoms with E-state index in [-0.39, 0.29) is 5.75 Å². The lowest BCUT2D eigenvalue weighted by Gasteiger charge is -2.15. The predicted molar refractivity (Wildman–Crippen MR) is 117 cm³/mol. The zero-order chi connectivity index (χ0) is 21.9. The second-order valence-electron chi connectivity index (χ2n) is 6.82. The van der Waals surface area contributed by atoms with Crippen LogP contribution in [0.25, 0.3) is 0 Å². The molecule has 0 aliphatic heterocycles. The third kappa shape index (κ3) is 6.79. The Labute approximate surface area is 178 Å². The molecule has 0 radical (unpaired) electrons. The van der Waals surface area contributed by atoms with E-state index in [1.165, 1.54) is 13.2 Å². The van der Waals surface area contributed by atoms with Gasteiger partial charge >= 0.3 is 0 Å². The topological polar surface area (TPSA) is 49.3 Å². The molecule has 0 heterocycles. The summed E-state index contributed by atoms with van der Waals surface area (Å²) in [6, 6.07) is 8.67. The van der Waals surface area contributed by atoms with Crippen LogP contribution in [0.1, 0.15) is 37.0 Å². The summed E-state index contributed by atoms with van der Waals surface area (Å²) < 4.78 is 31.4. The van der Waals surface area contributed by atoms with Crippen LogP contribution in [-0.4, -0.2) is 32.6 Å². The van der Waals surface area contributed by atoms with Gasteiger partial charge in [-0.3, -0.25) is 0 Å². The predicted octanol–water partition coefficient (Wildman–Crippen LogP) is 5.62. The van der Waals surface area contributed by atoms with Crippen molar-refractivity contribution in [1.29, 1.82) is 0 Å². The molecule has 0 aliphatic rings. The molecule has 0 amide bonds. The molecular weight excluding hydrogens is 385 g/mol. The zero-order valence-electron chi connectivity index (χ0n) is 18.3. The highest BCUT2D eigenvalue weighted by molar-refractivity contribution is 5.98. The fraction of sp³-hybridized carbons (Fsp3) is 0.375. The second-order valence-corrected chi connectivity index (χ2v) is 6.82. The average Bonchev–Trinajstić information content (AvgIpc) is 2.71. The van der Waals surface area contributed by atoms with Crippen molar-refractivity contribution in [2.75, 3.05) is 26.9 Å². The molecule has 5 nitrogen and oxygen atoms in total. The molecule has 0 saturated heterocycles. The van der Waals surface area contributed by atoms with Gasteiger partial charge in [-0.05, 0) is 69.2 Å². The van der Waals surface area contributed by atoms with Crippen LogP contribution in [0, 0.1) is 19.7 Å². The Hall–Kier alpha value is -3.02. The summed E-state index contributed by atoms with van der Waals surface area (Å²) in [6.45, 7) is 9.07. The lowest BCUT2D eigenvalue weighted by atomic mass is 10.1. The number of oxime groups is 1. The third-order valence-corrected chi connectivity index (χ3v) is 4.39. The van der Waals surface area contributed by atoms with Gasteiger partial charge in [0.05, 0.1) is 18.9 Å². The number of benzene rings is 2. The van der Waals surface area contributed by atoms with Gasteiger partial charge in [-0.2, -0.15) is 0 Å². The molecule has 30 heavy (non-hydrogen) atoms. The summed E-state index contributed by atoms with van der Waals surface area (Å²) in [7, 11) is 1.45. The first kappa shape index (κ1) is 23.3. The SMILES string of the molecule is C/C=C/COc1cc(C)c(OCCCOc2ccc(/C(C)=N/OC)cc2F)c(C)c1. The summed E-state index contributed by atoms with van der Waals surface area (Å²) in [5, 5.41) is 3.80. The Kier molecular flexibility index (Phi) is 9.19. The number of rotatable bonds is 11. The molecule has 0 bridgehead atoms. The fourth-order valence-electron chi connectivity index (χ4n) is 2.91. The molecular formula is C24H30FNO4. The number of ether oxygens (including phenoxy) is 3. The van der Waals surface area contributed by atoms with Crippen LogP contribution in [0.3, 0.4) is 0 Å². The van der Waals surface area contributed by atoms with E-state index < -0.39 is 5.82 Å². The summed E-state index contributed by atoms with van der Waals surface area (Å²) in [5.74, 6) is 1.44. The number of hydrogen-bond acceptors (Lipinski definition) is 5. The van der Waals surface area contributed by atoms with Crippen LogP contribution >= 0.6 is 0 Å². The smallest absolute Gasteiger partial charge is 0.165 e. The molecule has 2 aromatic rings. The van der Waals surface area contributed by atoms with Crippen LogP contribution < -0.4 is 14.2 Å². The van der Waals surface area contributed by atoms with E-state index in [0.29, 0.717) is 37.5 Å². The van der Waals surface area contributed by atoms with Gasteiger partial charge < -0.3 is 19.0 Å². The lowest BCUT2D eigenvalue weighted by molar-refractivity contribution is 0.213. The van der Waals surface area contributed by atoms with Gasteiger partial charge in [0.25, 0.3) is 0 Å². The van der Waals surface area contributed by atoms with Crippen molar-refractivity contribution in [3.05, 3.63) is 65.0 Å². The largest absolute Gasteiger partial charge is 0.493 e. The maximum atomic E-state index is 14.2. The fourth-order valence-corrected chi connectivity index (χ4v) is 2.91. The maximum Gasteiger partial charge on any atom is 0.165 e. The number of nitrogens with zero attached hydrogens (tertiary/aromatic N) is 1. The average molecular weight is 416 g/mol. The molecule has 6 heteroatoms. The van der Waals surface area contributed by atoms with Crippen LogP contribution in [0.2, 0.25) is 0 Å². The van der Waals surface area contributed by atoms with Crippen LogP contribution in [0.5, 0.6) is 17.2 Å². The molecule has 0 aliphatic carbocycles. The van der Waals surface area contributed by atoms with Gasteiger partial charge in [0.2, 0.25) is 0 Å². The van der Waals surface area contributed by atoms with Crippen molar-refractivity contribution >= 4 is 5.71 Å². The first-order valence-electron chi connectivity index (χ1n) is 9.94. The first-order chi connectivity index (χ1) is 14.5. The molecule has 0 unspecified atom stereocenters. The summed E-state index contributed by atoms with van der Waals surface area (Å²) in [4.78, 5) is 4.71. The Balaban J connectivity index is 1.83. The molecule has 0 spiro atoms. The normalized spacial score (nSPS) is 11.6. The Bertz CT molecular complexity index is 870. The van der Waals surface area contributed by atoms with Gasteiger partial charge in [0, 0.05) is 12.0 Å². The molecule has 2 aromatic carbocycles. The maximum absolute atomic E-state index is 14.2. The van der Waals surface area contributed by atoms with Gasteiger partial charge in [-0.1, -0.05) is 17.3 Å². The van der Waals surface area contributed by atoms with Gasteiger partial charge in [-0.15, -0.1) is 0 Å². The Morgan fingerprint density at radius 3 is 2.37 bits per heavy atom. The first-order valence-corrected chi connectivity index (χ1v) is 9.94. The summed E-state index contributed by atoms with van der Waals surface area (Å²) in [6.07, 6.45) is 4.54. The lowest BCUT2D eigenvalue weighted by Crippen LogP contribution is -2.08. The van der Waals surface area contributed by atoms with Gasteiger partial charge in [0.1, 0.15) is 25.2 Å². The van der Waals surface area contributed by atoms with Crippen molar-refractivity contribution < 1.29 is 23.4 Å². The Morgan fingerprint density at radius 2 is 1.73 bits per heavy atom. The number of allylic oxidation sites excluding steroid dienone is 1. The van der Waals surface area contributed by atoms with Gasteiger partial charge in [0.15, 0.2) is 11.6 Å². The minimum Gasteiger partial charge on any atom is -0.493 e. The molecule has 2 rings (SSSR count). The zero-order valence-corrected chi connectivity index (χ0v) is 18.3. The highest BCUT2D eigenvalue weighted by Gasteiger charge is 2.09. The molecule has 0 saturated carbocycles. The van der Waals surface area contributed by atoms with Crippen LogP contribution in [0.4, 0.5) is 4.39 Å². The van der Waals surface area contributed by atoms with Gasteiger partial charge in [-0.25, -0.2) is 4.39 Å². The molecule has 0 aromatic heterocycles. The molecule has 162 valence electrons. The van der Waals surface area contributed by atoms with E-state index in [1.807, 2.05) is 45.1 Å². The van der Waals surface area contributed by atoms with Crippen molar-refractivity contribution in [2.24, 2.45) is 5.16 Å². The van der Waals surface area contributed by atoms with E-state index >= 15 is 0 Å². The van der Waals surface area contributed by atoms with E-state index in [9.17, 15) is 4.39 Å². The van der Waals surface area contributed by atoms with Crippen molar-refractivity contribution in [3.63, 3.8) is 0 Å². The third-order valence-electron chi connectivity index (χ3n) is 4.39. The number of aryl methyl sites for hydroxylation is 2. The second kappa shape index (κ2) is 11.9. The van der Waals surface area contributed by atoms with Crippen LogP contribution in [-0.2, 0) is 4.84 Å². The summed E-state index contributed by atoms with van der Waals surface area (Å²) >= 11 is 0. The quantitative estimate of drug-likeness (QED) is 0.207. The minimum atomic E-state index is -0.431. The minimum absolute atomic E-state index is 0.207. The highest BCUT2D eigenvalue weighted by atomic mass is 19.1. The number of halogens is 1. The highest BCUT2D eigenvalue weighted by Crippen LogP contribution is 2.28. The molecule has 0 fully saturated rings. The Morgan fingerprint density at radius 1 is 1.03 bits per heavy atom. The monoisotopic (exact) mass is 415 g/mol. The standard InChI is InChI=1S/C24H30FNO4/c1-6-7-11-28-21-14-17(2)24(18(3)15-21)30-13-8-12-29-23-10-9-20(16-22(23)25)19(4)26-27-5/h6-7,9-10,14-16H,8,11-13H2,1-5H3/b7-6+,26-19+. The van der Waals surface area contributed by atoms with Crippen molar-refractivity contribution in [1.82, 2.24) is 0 Å². The van der Waals surface area contributed by atoms with Crippen molar-refractivity contribution in [3.8, 4) is 17.2 Å².